The van der Waals surface area contributed by atoms with E-state index in [0.717, 1.165) is 0 Å². The van der Waals surface area contributed by atoms with E-state index < -0.39 is 18.1 Å². The van der Waals surface area contributed by atoms with E-state index in [1.807, 2.05) is 0 Å². The number of hydrogen-bond acceptors (Lipinski definition) is 5. The SMILES string of the molecule is COC(=O)c1ccc(Cl)cc1NC(=O)C1CC(O)CN1. The van der Waals surface area contributed by atoms with Gasteiger partial charge in [0, 0.05) is 11.6 Å². The highest BCUT2D eigenvalue weighted by molar-refractivity contribution is 6.31. The first kappa shape index (κ1) is 14.8. The monoisotopic (exact) mass is 298 g/mol. The second kappa shape index (κ2) is 6.21. The molecule has 1 aromatic rings. The van der Waals surface area contributed by atoms with Crippen molar-refractivity contribution in [3.63, 3.8) is 0 Å². The lowest BCUT2D eigenvalue weighted by atomic mass is 10.1. The number of amides is 1. The van der Waals surface area contributed by atoms with Crippen molar-refractivity contribution < 1.29 is 19.4 Å². The van der Waals surface area contributed by atoms with E-state index in [9.17, 15) is 14.7 Å². The third-order valence-electron chi connectivity index (χ3n) is 3.07. The van der Waals surface area contributed by atoms with Gasteiger partial charge in [0.15, 0.2) is 0 Å². The van der Waals surface area contributed by atoms with Gasteiger partial charge in [0.05, 0.1) is 30.5 Å². The van der Waals surface area contributed by atoms with Gasteiger partial charge in [0.25, 0.3) is 0 Å². The normalized spacial score (nSPS) is 21.6. The lowest BCUT2D eigenvalue weighted by Gasteiger charge is -2.13. The standard InChI is InChI=1S/C13H15ClN2O4/c1-20-13(19)9-3-2-7(14)4-10(9)16-12(18)11-5-8(17)6-15-11/h2-4,8,11,15,17H,5-6H2,1H3,(H,16,18). The average Bonchev–Trinajstić information content (AvgIpc) is 2.85. The summed E-state index contributed by atoms with van der Waals surface area (Å²) in [5.74, 6) is -0.884. The molecule has 7 heteroatoms. The predicted octanol–water partition coefficient (Wildman–Crippen LogP) is 0.788. The van der Waals surface area contributed by atoms with Crippen LogP contribution in [0, 0.1) is 0 Å². The maximum absolute atomic E-state index is 12.1. The number of methoxy groups -OCH3 is 1. The number of esters is 1. The molecule has 3 N–H and O–H groups in total. The fourth-order valence-corrected chi connectivity index (χ4v) is 2.22. The molecule has 0 aromatic heterocycles. The van der Waals surface area contributed by atoms with Crippen molar-refractivity contribution in [3.05, 3.63) is 28.8 Å². The number of anilines is 1. The minimum Gasteiger partial charge on any atom is -0.465 e. The fourth-order valence-electron chi connectivity index (χ4n) is 2.04. The van der Waals surface area contributed by atoms with Crippen LogP contribution in [-0.2, 0) is 9.53 Å². The maximum Gasteiger partial charge on any atom is 0.339 e. The zero-order valence-electron chi connectivity index (χ0n) is 10.9. The number of halogens is 1. The number of β-amino-alcohol motifs (C(OH)–C–C–N with tert-alkyl or cyclic N) is 1. The summed E-state index contributed by atoms with van der Waals surface area (Å²) in [6.07, 6.45) is -0.204. The molecule has 1 aliphatic heterocycles. The molecule has 0 bridgehead atoms. The highest BCUT2D eigenvalue weighted by atomic mass is 35.5. The summed E-state index contributed by atoms with van der Waals surface area (Å²) < 4.78 is 4.65. The van der Waals surface area contributed by atoms with Crippen molar-refractivity contribution >= 4 is 29.2 Å². The Kier molecular flexibility index (Phi) is 4.59. The lowest BCUT2D eigenvalue weighted by Crippen LogP contribution is -2.35. The summed E-state index contributed by atoms with van der Waals surface area (Å²) in [4.78, 5) is 23.7. The summed E-state index contributed by atoms with van der Waals surface area (Å²) in [5, 5.41) is 15.3. The first-order valence-corrected chi connectivity index (χ1v) is 6.49. The first-order chi connectivity index (χ1) is 9.51. The van der Waals surface area contributed by atoms with Gasteiger partial charge in [-0.05, 0) is 24.6 Å². The van der Waals surface area contributed by atoms with Gasteiger partial charge in [-0.3, -0.25) is 4.79 Å². The Bertz CT molecular complexity index is 535. The molecule has 2 atom stereocenters. The number of ether oxygens (including phenoxy) is 1. The van der Waals surface area contributed by atoms with Gasteiger partial charge in [-0.2, -0.15) is 0 Å². The number of rotatable bonds is 3. The molecule has 6 nitrogen and oxygen atoms in total. The molecular formula is C13H15ClN2O4. The van der Waals surface area contributed by atoms with E-state index in [2.05, 4.69) is 15.4 Å². The first-order valence-electron chi connectivity index (χ1n) is 6.11. The Morgan fingerprint density at radius 2 is 2.25 bits per heavy atom. The molecule has 1 amide bonds. The van der Waals surface area contributed by atoms with Gasteiger partial charge in [0.1, 0.15) is 0 Å². The number of aliphatic hydroxyl groups is 1. The van der Waals surface area contributed by atoms with E-state index >= 15 is 0 Å². The van der Waals surface area contributed by atoms with Crippen molar-refractivity contribution in [2.45, 2.75) is 18.6 Å². The molecule has 108 valence electrons. The van der Waals surface area contributed by atoms with Gasteiger partial charge in [-0.1, -0.05) is 11.6 Å². The van der Waals surface area contributed by atoms with E-state index in [-0.39, 0.29) is 17.2 Å². The van der Waals surface area contributed by atoms with Gasteiger partial charge >= 0.3 is 5.97 Å². The molecule has 1 heterocycles. The topological polar surface area (TPSA) is 87.7 Å². The molecular weight excluding hydrogens is 284 g/mol. The maximum atomic E-state index is 12.1. The van der Waals surface area contributed by atoms with Crippen LogP contribution < -0.4 is 10.6 Å². The number of nitrogens with one attached hydrogen (secondary N) is 2. The highest BCUT2D eigenvalue weighted by Crippen LogP contribution is 2.22. The second-order valence-electron chi connectivity index (χ2n) is 4.52. The summed E-state index contributed by atoms with van der Waals surface area (Å²) in [6.45, 7) is 0.373. The van der Waals surface area contributed by atoms with Crippen molar-refractivity contribution in [1.82, 2.24) is 5.32 Å². The molecule has 0 saturated carbocycles. The Morgan fingerprint density at radius 3 is 2.85 bits per heavy atom. The third-order valence-corrected chi connectivity index (χ3v) is 3.30. The van der Waals surface area contributed by atoms with Crippen LogP contribution in [0.3, 0.4) is 0 Å². The molecule has 1 saturated heterocycles. The van der Waals surface area contributed by atoms with Crippen LogP contribution in [-0.4, -0.2) is 42.8 Å². The molecule has 20 heavy (non-hydrogen) atoms. The largest absolute Gasteiger partial charge is 0.465 e. The Morgan fingerprint density at radius 1 is 1.50 bits per heavy atom. The minimum absolute atomic E-state index is 0.226. The van der Waals surface area contributed by atoms with Crippen LogP contribution in [0.25, 0.3) is 0 Å². The van der Waals surface area contributed by atoms with Crippen molar-refractivity contribution in [3.8, 4) is 0 Å². The second-order valence-corrected chi connectivity index (χ2v) is 4.96. The van der Waals surface area contributed by atoms with Gasteiger partial charge in [-0.15, -0.1) is 0 Å². The molecule has 0 radical (unpaired) electrons. The van der Waals surface area contributed by atoms with Crippen LogP contribution in [0.1, 0.15) is 16.8 Å². The van der Waals surface area contributed by atoms with Gasteiger partial charge in [-0.25, -0.2) is 4.79 Å². The summed E-state index contributed by atoms with van der Waals surface area (Å²) >= 11 is 5.87. The smallest absolute Gasteiger partial charge is 0.339 e. The number of hydrogen-bond donors (Lipinski definition) is 3. The van der Waals surface area contributed by atoms with Crippen LogP contribution in [0.15, 0.2) is 18.2 Å². The van der Waals surface area contributed by atoms with Crippen molar-refractivity contribution in [2.75, 3.05) is 19.0 Å². The average molecular weight is 299 g/mol. The Hall–Kier alpha value is -1.63. The van der Waals surface area contributed by atoms with E-state index in [1.54, 1.807) is 6.07 Å². The van der Waals surface area contributed by atoms with E-state index in [0.29, 0.717) is 18.0 Å². The molecule has 1 fully saturated rings. The fraction of sp³-hybridized carbons (Fsp3) is 0.385. The molecule has 2 rings (SSSR count). The Balaban J connectivity index is 2.17. The summed E-state index contributed by atoms with van der Waals surface area (Å²) in [7, 11) is 1.26. The van der Waals surface area contributed by atoms with Crippen LogP contribution in [0.5, 0.6) is 0 Å². The molecule has 1 aliphatic rings. The summed E-state index contributed by atoms with van der Waals surface area (Å²) in [6, 6.07) is 4.02. The minimum atomic E-state index is -0.559. The van der Waals surface area contributed by atoms with Crippen LogP contribution in [0.4, 0.5) is 5.69 Å². The summed E-state index contributed by atoms with van der Waals surface area (Å²) in [5.41, 5.74) is 0.515. The lowest BCUT2D eigenvalue weighted by molar-refractivity contribution is -0.117. The zero-order chi connectivity index (χ0) is 14.7. The van der Waals surface area contributed by atoms with Crippen LogP contribution >= 0.6 is 11.6 Å². The van der Waals surface area contributed by atoms with Crippen LogP contribution in [0.2, 0.25) is 5.02 Å². The quantitative estimate of drug-likeness (QED) is 0.718. The zero-order valence-corrected chi connectivity index (χ0v) is 11.6. The van der Waals surface area contributed by atoms with Crippen molar-refractivity contribution in [1.29, 1.82) is 0 Å². The van der Waals surface area contributed by atoms with Crippen molar-refractivity contribution in [2.24, 2.45) is 0 Å². The number of carbonyl (C=O) groups is 2. The molecule has 0 aliphatic carbocycles. The molecule has 1 aromatic carbocycles. The Labute approximate surface area is 121 Å². The van der Waals surface area contributed by atoms with Gasteiger partial charge < -0.3 is 20.5 Å². The number of carbonyl (C=O) groups excluding carboxylic acids is 2. The number of benzene rings is 1. The molecule has 2 unspecified atom stereocenters. The number of aliphatic hydroxyl groups excluding tert-OH is 1. The predicted molar refractivity (Wildman–Crippen MR) is 73.8 cm³/mol. The van der Waals surface area contributed by atoms with Gasteiger partial charge in [0.2, 0.25) is 5.91 Å². The van der Waals surface area contributed by atoms with E-state index in [4.69, 9.17) is 11.6 Å². The van der Waals surface area contributed by atoms with E-state index in [1.165, 1.54) is 19.2 Å². The highest BCUT2D eigenvalue weighted by Gasteiger charge is 2.28. The third kappa shape index (κ3) is 3.27. The molecule has 0 spiro atoms.